The first-order valence-corrected chi connectivity index (χ1v) is 10.2. The zero-order chi connectivity index (χ0) is 18.8. The van der Waals surface area contributed by atoms with Crippen LogP contribution in [-0.2, 0) is 4.74 Å². The molecule has 0 spiro atoms. The number of hydrogen-bond acceptors (Lipinski definition) is 4. The van der Waals surface area contributed by atoms with E-state index in [9.17, 15) is 4.79 Å². The number of urea groups is 1. The molecule has 4 heterocycles. The number of benzene rings is 1. The Morgan fingerprint density at radius 3 is 3.04 bits per heavy atom. The molecule has 146 valence electrons. The van der Waals surface area contributed by atoms with E-state index in [0.717, 1.165) is 17.7 Å². The van der Waals surface area contributed by atoms with Gasteiger partial charge in [-0.2, -0.15) is 0 Å². The highest BCUT2D eigenvalue weighted by Crippen LogP contribution is 2.57. The summed E-state index contributed by atoms with van der Waals surface area (Å²) in [5.41, 5.74) is 1.77. The molecule has 5 unspecified atom stereocenters. The van der Waals surface area contributed by atoms with Gasteiger partial charge in [-0.15, -0.1) is 0 Å². The molecule has 1 N–H and O–H groups in total. The number of aryl methyl sites for hydroxylation is 1. The van der Waals surface area contributed by atoms with Gasteiger partial charge in [-0.05, 0) is 39.8 Å². The number of ether oxygens (including phenoxy) is 2. The van der Waals surface area contributed by atoms with Crippen LogP contribution in [0.3, 0.4) is 0 Å². The average molecular weight is 371 g/mol. The van der Waals surface area contributed by atoms with Crippen molar-refractivity contribution in [3.8, 4) is 5.75 Å². The number of carbonyl (C=O) groups is 1. The second-order valence-electron chi connectivity index (χ2n) is 8.46. The quantitative estimate of drug-likeness (QED) is 0.827. The van der Waals surface area contributed by atoms with Gasteiger partial charge in [-0.3, -0.25) is 9.80 Å². The predicted molar refractivity (Wildman–Crippen MR) is 102 cm³/mol. The topological polar surface area (TPSA) is 54.0 Å². The van der Waals surface area contributed by atoms with E-state index >= 15 is 0 Å². The molecule has 1 aromatic rings. The number of rotatable bonds is 4. The SMILES string of the molecule is CCOCCN1C(=O)NC2c3cc(C)ccc3OC13CC1CCC(C23)N1C. The van der Waals surface area contributed by atoms with Crippen molar-refractivity contribution in [2.75, 3.05) is 26.8 Å². The fourth-order valence-electron chi connectivity index (χ4n) is 5.96. The highest BCUT2D eigenvalue weighted by atomic mass is 16.5. The van der Waals surface area contributed by atoms with Crippen molar-refractivity contribution < 1.29 is 14.3 Å². The van der Waals surface area contributed by atoms with E-state index in [2.05, 4.69) is 42.4 Å². The lowest BCUT2D eigenvalue weighted by atomic mass is 9.70. The Hall–Kier alpha value is -1.79. The molecule has 0 aliphatic carbocycles. The molecule has 6 nitrogen and oxygen atoms in total. The van der Waals surface area contributed by atoms with Gasteiger partial charge in [0.25, 0.3) is 0 Å². The Kier molecular flexibility index (Phi) is 3.92. The fraction of sp³-hybridized carbons (Fsp3) is 0.667. The second-order valence-corrected chi connectivity index (χ2v) is 8.46. The molecule has 0 saturated carbocycles. The lowest BCUT2D eigenvalue weighted by Gasteiger charge is -2.62. The number of nitrogens with zero attached hydrogens (tertiary/aromatic N) is 2. The Labute approximate surface area is 160 Å². The van der Waals surface area contributed by atoms with E-state index in [-0.39, 0.29) is 18.0 Å². The Bertz CT molecular complexity index is 769. The van der Waals surface area contributed by atoms with Crippen LogP contribution in [0.1, 0.15) is 43.4 Å². The number of nitrogens with one attached hydrogen (secondary N) is 1. The Morgan fingerprint density at radius 2 is 2.22 bits per heavy atom. The number of carbonyl (C=O) groups excluding carboxylic acids is 1. The zero-order valence-corrected chi connectivity index (χ0v) is 16.4. The highest BCUT2D eigenvalue weighted by molar-refractivity contribution is 5.78. The minimum absolute atomic E-state index is 0.0102. The molecule has 27 heavy (non-hydrogen) atoms. The van der Waals surface area contributed by atoms with Gasteiger partial charge in [0.2, 0.25) is 0 Å². The van der Waals surface area contributed by atoms with Crippen molar-refractivity contribution in [2.45, 2.75) is 57.0 Å². The smallest absolute Gasteiger partial charge is 0.321 e. The lowest BCUT2D eigenvalue weighted by molar-refractivity contribution is -0.193. The molecule has 0 aromatic heterocycles. The summed E-state index contributed by atoms with van der Waals surface area (Å²) in [5, 5.41) is 3.33. The van der Waals surface area contributed by atoms with Crippen molar-refractivity contribution >= 4 is 6.03 Å². The van der Waals surface area contributed by atoms with Gasteiger partial charge in [-0.1, -0.05) is 17.7 Å². The van der Waals surface area contributed by atoms with Crippen LogP contribution >= 0.6 is 0 Å². The molecule has 3 saturated heterocycles. The predicted octanol–water partition coefficient (Wildman–Crippen LogP) is 2.67. The highest BCUT2D eigenvalue weighted by Gasteiger charge is 2.66. The van der Waals surface area contributed by atoms with Crippen LogP contribution in [0.4, 0.5) is 4.79 Å². The summed E-state index contributed by atoms with van der Waals surface area (Å²) in [6.07, 6.45) is 3.22. The van der Waals surface area contributed by atoms with Crippen LogP contribution in [0.5, 0.6) is 5.75 Å². The first-order chi connectivity index (χ1) is 13.0. The molecule has 6 heteroatoms. The third-order valence-corrected chi connectivity index (χ3v) is 7.15. The Morgan fingerprint density at radius 1 is 1.37 bits per heavy atom. The van der Waals surface area contributed by atoms with Gasteiger partial charge in [0.15, 0.2) is 5.72 Å². The van der Waals surface area contributed by atoms with Gasteiger partial charge in [0, 0.05) is 37.2 Å². The number of piperidine rings is 1. The van der Waals surface area contributed by atoms with Crippen molar-refractivity contribution in [1.82, 2.24) is 15.1 Å². The average Bonchev–Trinajstić information content (AvgIpc) is 2.88. The summed E-state index contributed by atoms with van der Waals surface area (Å²) in [4.78, 5) is 17.6. The summed E-state index contributed by atoms with van der Waals surface area (Å²) in [6, 6.07) is 7.25. The van der Waals surface area contributed by atoms with Crippen LogP contribution in [-0.4, -0.2) is 60.4 Å². The van der Waals surface area contributed by atoms with Crippen molar-refractivity contribution in [1.29, 1.82) is 0 Å². The van der Waals surface area contributed by atoms with Gasteiger partial charge < -0.3 is 14.8 Å². The largest absolute Gasteiger partial charge is 0.467 e. The van der Waals surface area contributed by atoms with Crippen LogP contribution in [0.15, 0.2) is 18.2 Å². The van der Waals surface area contributed by atoms with E-state index < -0.39 is 5.72 Å². The van der Waals surface area contributed by atoms with Crippen molar-refractivity contribution in [3.63, 3.8) is 0 Å². The third-order valence-electron chi connectivity index (χ3n) is 7.15. The molecular weight excluding hydrogens is 342 g/mol. The summed E-state index contributed by atoms with van der Waals surface area (Å²) >= 11 is 0. The third kappa shape index (κ3) is 2.36. The van der Waals surface area contributed by atoms with Crippen molar-refractivity contribution in [3.05, 3.63) is 29.3 Å². The van der Waals surface area contributed by atoms with E-state index in [1.165, 1.54) is 18.4 Å². The molecule has 3 fully saturated rings. The summed E-state index contributed by atoms with van der Waals surface area (Å²) in [6.45, 7) is 5.84. The summed E-state index contributed by atoms with van der Waals surface area (Å²) < 4.78 is 12.4. The molecule has 2 amide bonds. The van der Waals surface area contributed by atoms with Crippen LogP contribution in [0.25, 0.3) is 0 Å². The maximum atomic E-state index is 13.1. The normalized spacial score (nSPS) is 36.7. The second kappa shape index (κ2) is 6.11. The van der Waals surface area contributed by atoms with Crippen LogP contribution in [0.2, 0.25) is 0 Å². The van der Waals surface area contributed by atoms with Gasteiger partial charge in [-0.25, -0.2) is 4.79 Å². The maximum Gasteiger partial charge on any atom is 0.321 e. The first kappa shape index (κ1) is 17.3. The van der Waals surface area contributed by atoms with E-state index in [1.807, 2.05) is 11.8 Å². The minimum Gasteiger partial charge on any atom is -0.467 e. The fourth-order valence-corrected chi connectivity index (χ4v) is 5.96. The molecule has 5 atom stereocenters. The van der Waals surface area contributed by atoms with Crippen molar-refractivity contribution in [2.24, 2.45) is 5.92 Å². The first-order valence-electron chi connectivity index (χ1n) is 10.2. The minimum atomic E-state index is -0.565. The molecule has 4 aliphatic heterocycles. The molecule has 0 radical (unpaired) electrons. The zero-order valence-electron chi connectivity index (χ0n) is 16.4. The van der Waals surface area contributed by atoms with Crippen LogP contribution in [0, 0.1) is 12.8 Å². The summed E-state index contributed by atoms with van der Waals surface area (Å²) in [7, 11) is 2.24. The van der Waals surface area contributed by atoms with Gasteiger partial charge >= 0.3 is 6.03 Å². The van der Waals surface area contributed by atoms with Crippen LogP contribution < -0.4 is 10.1 Å². The maximum absolute atomic E-state index is 13.1. The number of amides is 2. The van der Waals surface area contributed by atoms with E-state index in [1.54, 1.807) is 0 Å². The molecule has 1 aromatic carbocycles. The van der Waals surface area contributed by atoms with E-state index in [0.29, 0.717) is 31.8 Å². The number of hydrogen-bond donors (Lipinski definition) is 1. The van der Waals surface area contributed by atoms with E-state index in [4.69, 9.17) is 9.47 Å². The summed E-state index contributed by atoms with van der Waals surface area (Å²) in [5.74, 6) is 1.15. The standard InChI is InChI=1S/C21H29N3O3/c1-4-26-10-9-24-20(25)22-19-15-11-13(2)5-8-17(15)27-21(24)12-14-6-7-16(18(19)21)23(14)3/h5,8,11,14,16,18-19H,4,6-7,9-10,12H2,1-3H3,(H,22,25). The molecule has 5 rings (SSSR count). The molecular formula is C21H29N3O3. The number of fused-ring (bicyclic) bond motifs is 4. The molecule has 4 bridgehead atoms. The molecule has 4 aliphatic rings. The van der Waals surface area contributed by atoms with Gasteiger partial charge in [0.1, 0.15) is 5.75 Å². The van der Waals surface area contributed by atoms with Gasteiger partial charge in [0.05, 0.1) is 18.6 Å². The monoisotopic (exact) mass is 371 g/mol. The Balaban J connectivity index is 1.62. The lowest BCUT2D eigenvalue weighted by Crippen LogP contribution is -2.77.